The van der Waals surface area contributed by atoms with Crippen LogP contribution < -0.4 is 10.1 Å². The quantitative estimate of drug-likeness (QED) is 0.646. The molecular formula is C24H29N3O2. The van der Waals surface area contributed by atoms with Gasteiger partial charge in [-0.3, -0.25) is 9.69 Å². The zero-order valence-corrected chi connectivity index (χ0v) is 17.2. The van der Waals surface area contributed by atoms with Crippen LogP contribution in [0.25, 0.3) is 10.9 Å². The maximum absolute atomic E-state index is 12.7. The highest BCUT2D eigenvalue weighted by Crippen LogP contribution is 2.25. The highest BCUT2D eigenvalue weighted by molar-refractivity contribution is 5.83. The van der Waals surface area contributed by atoms with Crippen molar-refractivity contribution in [1.82, 2.24) is 15.2 Å². The van der Waals surface area contributed by atoms with E-state index in [1.807, 2.05) is 38.2 Å². The minimum absolute atomic E-state index is 0.0919. The summed E-state index contributed by atoms with van der Waals surface area (Å²) in [5, 5.41) is 4.35. The van der Waals surface area contributed by atoms with Gasteiger partial charge in [-0.1, -0.05) is 24.3 Å². The molecule has 0 radical (unpaired) electrons. The largest absolute Gasteiger partial charge is 0.494 e. The number of benzene rings is 2. The Bertz CT molecular complexity index is 995. The Morgan fingerprint density at radius 1 is 1.24 bits per heavy atom. The predicted molar refractivity (Wildman–Crippen MR) is 116 cm³/mol. The molecule has 3 aromatic rings. The molecule has 5 nitrogen and oxygen atoms in total. The second kappa shape index (κ2) is 8.70. The molecule has 5 heteroatoms. The number of para-hydroxylation sites is 1. The number of fused-ring (bicyclic) bond motifs is 2. The summed E-state index contributed by atoms with van der Waals surface area (Å²) in [6, 6.07) is 14.4. The van der Waals surface area contributed by atoms with Crippen LogP contribution in [0.5, 0.6) is 5.75 Å². The highest BCUT2D eigenvalue weighted by atomic mass is 16.5. The molecule has 29 heavy (non-hydrogen) atoms. The van der Waals surface area contributed by atoms with Crippen LogP contribution in [0.4, 0.5) is 0 Å². The van der Waals surface area contributed by atoms with Crippen LogP contribution in [-0.4, -0.2) is 41.5 Å². The molecule has 1 aliphatic heterocycles. The Balaban J connectivity index is 1.33. The summed E-state index contributed by atoms with van der Waals surface area (Å²) in [4.78, 5) is 18.3. The number of hydrogen-bond acceptors (Lipinski definition) is 3. The molecule has 0 fully saturated rings. The Morgan fingerprint density at radius 2 is 2.10 bits per heavy atom. The molecule has 2 aromatic carbocycles. The SMILES string of the molecule is CCOc1ccc2c(c1)CN(C(C)C(=O)NCCc1c[nH]c3ccccc13)CC2. The molecule has 0 saturated carbocycles. The van der Waals surface area contributed by atoms with Crippen LogP contribution in [0.3, 0.4) is 0 Å². The topological polar surface area (TPSA) is 57.4 Å². The van der Waals surface area contributed by atoms with Gasteiger partial charge in [-0.05, 0) is 61.6 Å². The number of amides is 1. The minimum Gasteiger partial charge on any atom is -0.494 e. The lowest BCUT2D eigenvalue weighted by Gasteiger charge is -2.33. The lowest BCUT2D eigenvalue weighted by molar-refractivity contribution is -0.126. The second-order valence-corrected chi connectivity index (χ2v) is 7.66. The number of carbonyl (C=O) groups is 1. The smallest absolute Gasteiger partial charge is 0.237 e. The fraction of sp³-hybridized carbons (Fsp3) is 0.375. The van der Waals surface area contributed by atoms with E-state index in [0.29, 0.717) is 13.2 Å². The van der Waals surface area contributed by atoms with E-state index in [1.54, 1.807) is 0 Å². The fourth-order valence-corrected chi connectivity index (χ4v) is 4.11. The van der Waals surface area contributed by atoms with E-state index < -0.39 is 0 Å². The number of hydrogen-bond donors (Lipinski definition) is 2. The van der Waals surface area contributed by atoms with Crippen LogP contribution in [-0.2, 0) is 24.2 Å². The normalized spacial score (nSPS) is 15.1. The Labute approximate surface area is 172 Å². The average molecular weight is 392 g/mol. The zero-order chi connectivity index (χ0) is 20.2. The van der Waals surface area contributed by atoms with Crippen molar-refractivity contribution in [2.24, 2.45) is 0 Å². The first-order valence-corrected chi connectivity index (χ1v) is 10.5. The first kappa shape index (κ1) is 19.5. The van der Waals surface area contributed by atoms with Crippen molar-refractivity contribution in [2.45, 2.75) is 39.3 Å². The molecule has 2 N–H and O–H groups in total. The second-order valence-electron chi connectivity index (χ2n) is 7.66. The van der Waals surface area contributed by atoms with E-state index in [1.165, 1.54) is 22.1 Å². The van der Waals surface area contributed by atoms with E-state index in [-0.39, 0.29) is 11.9 Å². The van der Waals surface area contributed by atoms with Gasteiger partial charge in [0.05, 0.1) is 12.6 Å². The van der Waals surface area contributed by atoms with Crippen LogP contribution in [0.1, 0.15) is 30.5 Å². The number of aromatic nitrogens is 1. The van der Waals surface area contributed by atoms with Crippen molar-refractivity contribution >= 4 is 16.8 Å². The van der Waals surface area contributed by atoms with Crippen molar-refractivity contribution < 1.29 is 9.53 Å². The third kappa shape index (κ3) is 4.30. The summed E-state index contributed by atoms with van der Waals surface area (Å²) in [7, 11) is 0. The van der Waals surface area contributed by atoms with E-state index >= 15 is 0 Å². The maximum atomic E-state index is 12.7. The molecule has 1 unspecified atom stereocenters. The number of nitrogens with zero attached hydrogens (tertiary/aromatic N) is 1. The molecule has 2 heterocycles. The van der Waals surface area contributed by atoms with Gasteiger partial charge >= 0.3 is 0 Å². The van der Waals surface area contributed by atoms with Crippen molar-refractivity contribution in [3.8, 4) is 5.75 Å². The summed E-state index contributed by atoms with van der Waals surface area (Å²) in [5.74, 6) is 0.998. The van der Waals surface area contributed by atoms with E-state index in [0.717, 1.165) is 37.2 Å². The summed E-state index contributed by atoms with van der Waals surface area (Å²) >= 11 is 0. The Kier molecular flexibility index (Phi) is 5.86. The molecule has 1 aromatic heterocycles. The monoisotopic (exact) mass is 391 g/mol. The number of aromatic amines is 1. The van der Waals surface area contributed by atoms with E-state index in [4.69, 9.17) is 4.74 Å². The third-order valence-electron chi connectivity index (χ3n) is 5.83. The number of H-pyrrole nitrogens is 1. The summed E-state index contributed by atoms with van der Waals surface area (Å²) < 4.78 is 5.63. The maximum Gasteiger partial charge on any atom is 0.237 e. The van der Waals surface area contributed by atoms with Gasteiger partial charge < -0.3 is 15.0 Å². The number of carbonyl (C=O) groups excluding carboxylic acids is 1. The van der Waals surface area contributed by atoms with Crippen LogP contribution in [0, 0.1) is 0 Å². The van der Waals surface area contributed by atoms with Crippen LogP contribution >= 0.6 is 0 Å². The molecule has 0 bridgehead atoms. The van der Waals surface area contributed by atoms with Crippen molar-refractivity contribution in [1.29, 1.82) is 0 Å². The lowest BCUT2D eigenvalue weighted by Crippen LogP contribution is -2.47. The van der Waals surface area contributed by atoms with E-state index in [2.05, 4.69) is 39.5 Å². The first-order chi connectivity index (χ1) is 14.2. The minimum atomic E-state index is -0.151. The first-order valence-electron chi connectivity index (χ1n) is 10.5. The third-order valence-corrected chi connectivity index (χ3v) is 5.83. The standard InChI is InChI=1S/C24H29N3O2/c1-3-29-21-9-8-18-11-13-27(16-20(18)14-21)17(2)24(28)25-12-10-19-15-26-23-7-5-4-6-22(19)23/h4-9,14-15,17,26H,3,10-13,16H2,1-2H3,(H,25,28). The number of ether oxygens (including phenoxy) is 1. The lowest BCUT2D eigenvalue weighted by atomic mass is 9.98. The summed E-state index contributed by atoms with van der Waals surface area (Å²) in [6.45, 7) is 6.99. The number of nitrogens with one attached hydrogen (secondary N) is 2. The van der Waals surface area contributed by atoms with Crippen molar-refractivity contribution in [3.05, 3.63) is 65.4 Å². The molecule has 1 amide bonds. The van der Waals surface area contributed by atoms with Crippen LogP contribution in [0.2, 0.25) is 0 Å². The van der Waals surface area contributed by atoms with Crippen molar-refractivity contribution in [2.75, 3.05) is 19.7 Å². The summed E-state index contributed by atoms with van der Waals surface area (Å²) in [6.07, 6.45) is 3.83. The van der Waals surface area contributed by atoms with Gasteiger partial charge in [0.25, 0.3) is 0 Å². The van der Waals surface area contributed by atoms with Gasteiger partial charge in [-0.15, -0.1) is 0 Å². The zero-order valence-electron chi connectivity index (χ0n) is 17.2. The molecule has 4 rings (SSSR count). The van der Waals surface area contributed by atoms with Gasteiger partial charge in [-0.2, -0.15) is 0 Å². The van der Waals surface area contributed by atoms with Gasteiger partial charge in [0.15, 0.2) is 0 Å². The number of rotatable bonds is 7. The van der Waals surface area contributed by atoms with Gasteiger partial charge in [-0.25, -0.2) is 0 Å². The van der Waals surface area contributed by atoms with Gasteiger partial charge in [0, 0.05) is 36.7 Å². The van der Waals surface area contributed by atoms with Crippen molar-refractivity contribution in [3.63, 3.8) is 0 Å². The van der Waals surface area contributed by atoms with E-state index in [9.17, 15) is 4.79 Å². The Morgan fingerprint density at radius 3 is 2.97 bits per heavy atom. The Hall–Kier alpha value is -2.79. The molecule has 0 aliphatic carbocycles. The molecule has 0 saturated heterocycles. The van der Waals surface area contributed by atoms with Gasteiger partial charge in [0.1, 0.15) is 5.75 Å². The average Bonchev–Trinajstić information content (AvgIpc) is 3.16. The molecular weight excluding hydrogens is 362 g/mol. The summed E-state index contributed by atoms with van der Waals surface area (Å²) in [5.41, 5.74) is 5.00. The van der Waals surface area contributed by atoms with Crippen LogP contribution in [0.15, 0.2) is 48.7 Å². The fourth-order valence-electron chi connectivity index (χ4n) is 4.11. The molecule has 0 spiro atoms. The molecule has 152 valence electrons. The van der Waals surface area contributed by atoms with Gasteiger partial charge in [0.2, 0.25) is 5.91 Å². The molecule has 1 aliphatic rings. The highest BCUT2D eigenvalue weighted by Gasteiger charge is 2.25. The molecule has 1 atom stereocenters. The predicted octanol–water partition coefficient (Wildman–Crippen LogP) is 3.67.